The summed E-state index contributed by atoms with van der Waals surface area (Å²) < 4.78 is 40.9. The summed E-state index contributed by atoms with van der Waals surface area (Å²) in [7, 11) is -0.925. The maximum absolute atomic E-state index is 12.2. The summed E-state index contributed by atoms with van der Waals surface area (Å²) in [5.41, 5.74) is 0.961. The van der Waals surface area contributed by atoms with Gasteiger partial charge in [0.05, 0.1) is 14.2 Å². The lowest BCUT2D eigenvalue weighted by Crippen LogP contribution is -2.30. The van der Waals surface area contributed by atoms with Crippen molar-refractivity contribution >= 4 is 27.9 Å². The number of esters is 1. The van der Waals surface area contributed by atoms with Gasteiger partial charge < -0.3 is 14.2 Å². The molecule has 2 aromatic rings. The Hall–Kier alpha value is -3.17. The summed E-state index contributed by atoms with van der Waals surface area (Å²) in [6.45, 7) is -1.13. The van der Waals surface area contributed by atoms with Gasteiger partial charge in [0.1, 0.15) is 6.54 Å². The molecule has 154 valence electrons. The average Bonchev–Trinajstić information content (AvgIpc) is 2.75. The van der Waals surface area contributed by atoms with E-state index in [0.29, 0.717) is 17.1 Å². The molecule has 0 fully saturated rings. The zero-order valence-electron chi connectivity index (χ0n) is 16.0. The van der Waals surface area contributed by atoms with Gasteiger partial charge in [-0.05, 0) is 29.8 Å². The third-order valence-electron chi connectivity index (χ3n) is 3.73. The van der Waals surface area contributed by atoms with Crippen molar-refractivity contribution in [2.75, 3.05) is 27.4 Å². The van der Waals surface area contributed by atoms with Gasteiger partial charge in [-0.2, -0.15) is 0 Å². The van der Waals surface area contributed by atoms with E-state index < -0.39 is 34.9 Å². The zero-order chi connectivity index (χ0) is 21.3. The highest BCUT2D eigenvalue weighted by Crippen LogP contribution is 2.27. The molecule has 1 N–H and O–H groups in total. The lowest BCUT2D eigenvalue weighted by molar-refractivity contribution is -0.141. The minimum atomic E-state index is -3.83. The predicted molar refractivity (Wildman–Crippen MR) is 107 cm³/mol. The van der Waals surface area contributed by atoms with E-state index in [1.165, 1.54) is 32.4 Å². The van der Waals surface area contributed by atoms with E-state index >= 15 is 0 Å². The van der Waals surface area contributed by atoms with Crippen molar-refractivity contribution in [3.63, 3.8) is 0 Å². The quantitative estimate of drug-likeness (QED) is 0.464. The second-order valence-corrected chi connectivity index (χ2v) is 7.38. The van der Waals surface area contributed by atoms with Crippen LogP contribution in [0.2, 0.25) is 0 Å². The van der Waals surface area contributed by atoms with Crippen molar-refractivity contribution in [1.29, 1.82) is 0 Å². The maximum atomic E-state index is 12.2. The summed E-state index contributed by atoms with van der Waals surface area (Å²) in [5, 5.41) is 0.949. The normalized spacial score (nSPS) is 11.2. The van der Waals surface area contributed by atoms with Gasteiger partial charge in [-0.1, -0.05) is 30.3 Å². The van der Waals surface area contributed by atoms with Gasteiger partial charge in [-0.15, -0.1) is 0 Å². The number of hydrogen-bond acceptors (Lipinski definition) is 7. The molecule has 0 aliphatic rings. The molecule has 9 heteroatoms. The van der Waals surface area contributed by atoms with Crippen molar-refractivity contribution in [2.45, 2.75) is 0 Å². The third kappa shape index (κ3) is 7.05. The molecule has 0 amide bonds. The van der Waals surface area contributed by atoms with E-state index in [9.17, 15) is 18.0 Å². The van der Waals surface area contributed by atoms with Gasteiger partial charge in [0.2, 0.25) is 10.0 Å². The molecule has 0 atom stereocenters. The van der Waals surface area contributed by atoms with Gasteiger partial charge >= 0.3 is 5.97 Å². The first-order chi connectivity index (χ1) is 13.8. The van der Waals surface area contributed by atoms with Crippen LogP contribution in [0.15, 0.2) is 53.9 Å². The van der Waals surface area contributed by atoms with Crippen molar-refractivity contribution < 1.29 is 32.2 Å². The Morgan fingerprint density at radius 2 is 1.69 bits per heavy atom. The SMILES string of the molecule is COc1ccc(C(=O)COC(=O)CNS(=O)(=O)C=Cc2ccccc2)cc1OC. The van der Waals surface area contributed by atoms with Gasteiger partial charge in [0.15, 0.2) is 23.9 Å². The highest BCUT2D eigenvalue weighted by Gasteiger charge is 2.14. The topological polar surface area (TPSA) is 108 Å². The van der Waals surface area contributed by atoms with Crippen LogP contribution in [0, 0.1) is 0 Å². The van der Waals surface area contributed by atoms with Crippen LogP contribution in [0.25, 0.3) is 6.08 Å². The summed E-state index contributed by atoms with van der Waals surface area (Å²) in [5.74, 6) is -0.525. The molecular weight excluding hydrogens is 398 g/mol. The molecular formula is C20H21NO7S. The zero-order valence-corrected chi connectivity index (χ0v) is 16.8. The minimum Gasteiger partial charge on any atom is -0.493 e. The number of rotatable bonds is 10. The highest BCUT2D eigenvalue weighted by atomic mass is 32.2. The summed E-state index contributed by atoms with van der Waals surface area (Å²) in [6, 6.07) is 13.4. The Bertz CT molecular complexity index is 985. The number of methoxy groups -OCH3 is 2. The number of Topliss-reactive ketones (excluding diaryl/α,β-unsaturated/α-hetero) is 1. The van der Waals surface area contributed by atoms with Crippen LogP contribution in [0.4, 0.5) is 0 Å². The van der Waals surface area contributed by atoms with Crippen LogP contribution >= 0.6 is 0 Å². The number of carbonyl (C=O) groups is 2. The second kappa shape index (κ2) is 10.4. The van der Waals surface area contributed by atoms with E-state index in [1.807, 2.05) is 6.07 Å². The van der Waals surface area contributed by atoms with Crippen LogP contribution in [-0.4, -0.2) is 47.5 Å². The fourth-order valence-corrected chi connectivity index (χ4v) is 2.98. The minimum absolute atomic E-state index is 0.266. The highest BCUT2D eigenvalue weighted by molar-refractivity contribution is 7.92. The van der Waals surface area contributed by atoms with E-state index in [0.717, 1.165) is 5.41 Å². The molecule has 0 spiro atoms. The first-order valence-electron chi connectivity index (χ1n) is 8.48. The number of hydrogen-bond donors (Lipinski definition) is 1. The van der Waals surface area contributed by atoms with Crippen LogP contribution in [0.1, 0.15) is 15.9 Å². The molecule has 0 aliphatic carbocycles. The molecule has 0 aliphatic heterocycles. The average molecular weight is 419 g/mol. The molecule has 0 heterocycles. The van der Waals surface area contributed by atoms with Crippen molar-refractivity contribution in [3.05, 3.63) is 65.1 Å². The van der Waals surface area contributed by atoms with E-state index in [-0.39, 0.29) is 5.56 Å². The Morgan fingerprint density at radius 3 is 2.34 bits per heavy atom. The van der Waals surface area contributed by atoms with E-state index in [1.54, 1.807) is 30.3 Å². The predicted octanol–water partition coefficient (Wildman–Crippen LogP) is 2.02. The van der Waals surface area contributed by atoms with Crippen molar-refractivity contribution in [1.82, 2.24) is 4.72 Å². The fourth-order valence-electron chi connectivity index (χ4n) is 2.23. The monoisotopic (exact) mass is 419 g/mol. The summed E-state index contributed by atoms with van der Waals surface area (Å²) in [4.78, 5) is 23.9. The molecule has 0 bridgehead atoms. The standard InChI is InChI=1S/C20H21NO7S/c1-26-18-9-8-16(12-19(18)27-2)17(22)14-28-20(23)13-21-29(24,25)11-10-15-6-4-3-5-7-15/h3-12,21H,13-14H2,1-2H3. The number of benzene rings is 2. The molecule has 0 saturated heterocycles. The van der Waals surface area contributed by atoms with Crippen molar-refractivity contribution in [2.24, 2.45) is 0 Å². The number of carbonyl (C=O) groups excluding carboxylic acids is 2. The van der Waals surface area contributed by atoms with Crippen LogP contribution in [0.5, 0.6) is 11.5 Å². The summed E-state index contributed by atoms with van der Waals surface area (Å²) >= 11 is 0. The van der Waals surface area contributed by atoms with Gasteiger partial charge in [-0.3, -0.25) is 9.59 Å². The lowest BCUT2D eigenvalue weighted by atomic mass is 10.1. The lowest BCUT2D eigenvalue weighted by Gasteiger charge is -2.09. The number of nitrogens with one attached hydrogen (secondary N) is 1. The Balaban J connectivity index is 1.85. The largest absolute Gasteiger partial charge is 0.493 e. The molecule has 8 nitrogen and oxygen atoms in total. The second-order valence-electron chi connectivity index (χ2n) is 5.73. The first-order valence-corrected chi connectivity index (χ1v) is 10.0. The van der Waals surface area contributed by atoms with Crippen LogP contribution in [0.3, 0.4) is 0 Å². The fraction of sp³-hybridized carbons (Fsp3) is 0.200. The Kier molecular flexibility index (Phi) is 7.93. The third-order valence-corrected chi connectivity index (χ3v) is 4.77. The number of ketones is 1. The Labute approximate surface area is 169 Å². The van der Waals surface area contributed by atoms with Gasteiger partial charge in [0.25, 0.3) is 0 Å². The van der Waals surface area contributed by atoms with E-state index in [2.05, 4.69) is 4.72 Å². The first kappa shape index (κ1) is 22.1. The molecule has 0 radical (unpaired) electrons. The molecule has 0 aromatic heterocycles. The molecule has 0 saturated carbocycles. The number of sulfonamides is 1. The maximum Gasteiger partial charge on any atom is 0.321 e. The van der Waals surface area contributed by atoms with E-state index in [4.69, 9.17) is 14.2 Å². The molecule has 29 heavy (non-hydrogen) atoms. The van der Waals surface area contributed by atoms with Crippen LogP contribution in [-0.2, 0) is 19.6 Å². The molecule has 2 aromatic carbocycles. The smallest absolute Gasteiger partial charge is 0.321 e. The van der Waals surface area contributed by atoms with Gasteiger partial charge in [0, 0.05) is 11.0 Å². The van der Waals surface area contributed by atoms with Crippen LogP contribution < -0.4 is 14.2 Å². The van der Waals surface area contributed by atoms with Crippen molar-refractivity contribution in [3.8, 4) is 11.5 Å². The number of ether oxygens (including phenoxy) is 3. The van der Waals surface area contributed by atoms with Gasteiger partial charge in [-0.25, -0.2) is 13.1 Å². The summed E-state index contributed by atoms with van der Waals surface area (Å²) in [6.07, 6.45) is 1.40. The Morgan fingerprint density at radius 1 is 1.00 bits per heavy atom. The molecule has 0 unspecified atom stereocenters. The molecule has 2 rings (SSSR count).